The van der Waals surface area contributed by atoms with Gasteiger partial charge in [0.25, 0.3) is 0 Å². The SMILES string of the molecule is CC(C)(C)c1nnc(-c2cnn3ccc(N4CC[C@H]5C[C@]54c4cc(F)ccc4F)nc23)s1. The molecule has 1 saturated heterocycles. The van der Waals surface area contributed by atoms with Crippen LogP contribution in [0.25, 0.3) is 16.2 Å². The molecule has 1 aliphatic carbocycles. The van der Waals surface area contributed by atoms with Crippen LogP contribution in [0.2, 0.25) is 0 Å². The lowest BCUT2D eigenvalue weighted by atomic mass is 9.98. The fraction of sp³-hybridized carbons (Fsp3) is 0.391. The van der Waals surface area contributed by atoms with E-state index in [1.54, 1.807) is 10.7 Å². The zero-order valence-electron chi connectivity index (χ0n) is 18.0. The third kappa shape index (κ3) is 2.80. The van der Waals surface area contributed by atoms with Crippen LogP contribution in [0.1, 0.15) is 44.2 Å². The molecular weight excluding hydrogens is 430 g/mol. The third-order valence-electron chi connectivity index (χ3n) is 6.58. The summed E-state index contributed by atoms with van der Waals surface area (Å²) in [6, 6.07) is 5.62. The molecular formula is C23H22F2N6S. The van der Waals surface area contributed by atoms with Gasteiger partial charge in [-0.2, -0.15) is 5.10 Å². The molecule has 0 bridgehead atoms. The minimum atomic E-state index is -0.528. The molecule has 0 N–H and O–H groups in total. The predicted octanol–water partition coefficient (Wildman–Crippen LogP) is 4.95. The van der Waals surface area contributed by atoms with Crippen molar-refractivity contribution in [2.75, 3.05) is 11.4 Å². The monoisotopic (exact) mass is 452 g/mol. The zero-order chi connectivity index (χ0) is 22.3. The Hall–Kier alpha value is -2.94. The molecule has 2 atom stereocenters. The third-order valence-corrected chi connectivity index (χ3v) is 7.96. The summed E-state index contributed by atoms with van der Waals surface area (Å²) in [6.07, 6.45) is 5.35. The first-order chi connectivity index (χ1) is 15.3. The van der Waals surface area contributed by atoms with Crippen molar-refractivity contribution in [3.63, 3.8) is 0 Å². The zero-order valence-corrected chi connectivity index (χ0v) is 18.8. The molecule has 2 aliphatic rings. The quantitative estimate of drug-likeness (QED) is 0.440. The highest BCUT2D eigenvalue weighted by Crippen LogP contribution is 2.63. The number of benzene rings is 1. The van der Waals surface area contributed by atoms with Crippen molar-refractivity contribution in [1.82, 2.24) is 24.8 Å². The Bertz CT molecular complexity index is 1360. The van der Waals surface area contributed by atoms with Crippen LogP contribution in [-0.4, -0.2) is 31.3 Å². The van der Waals surface area contributed by atoms with Gasteiger partial charge >= 0.3 is 0 Å². The Kier molecular flexibility index (Phi) is 4.03. The number of piperidine rings is 1. The molecule has 3 aromatic heterocycles. The highest BCUT2D eigenvalue weighted by atomic mass is 32.1. The molecule has 1 aliphatic heterocycles. The predicted molar refractivity (Wildman–Crippen MR) is 119 cm³/mol. The van der Waals surface area contributed by atoms with E-state index >= 15 is 0 Å². The summed E-state index contributed by atoms with van der Waals surface area (Å²) in [5, 5.41) is 14.9. The molecule has 32 heavy (non-hydrogen) atoms. The van der Waals surface area contributed by atoms with Crippen LogP contribution in [0.15, 0.2) is 36.7 Å². The van der Waals surface area contributed by atoms with Crippen molar-refractivity contribution in [3.05, 3.63) is 58.9 Å². The second kappa shape index (κ2) is 6.54. The molecule has 4 aromatic rings. The molecule has 4 heterocycles. The van der Waals surface area contributed by atoms with Crippen LogP contribution in [0.5, 0.6) is 0 Å². The summed E-state index contributed by atoms with van der Waals surface area (Å²) in [5.74, 6) is 0.262. The summed E-state index contributed by atoms with van der Waals surface area (Å²) in [5.41, 5.74) is 1.31. The van der Waals surface area contributed by atoms with E-state index < -0.39 is 11.4 Å². The average molecular weight is 453 g/mol. The highest BCUT2D eigenvalue weighted by molar-refractivity contribution is 7.14. The van der Waals surface area contributed by atoms with Gasteiger partial charge in [-0.3, -0.25) is 0 Å². The maximum absolute atomic E-state index is 14.7. The van der Waals surface area contributed by atoms with Gasteiger partial charge < -0.3 is 4.90 Å². The van der Waals surface area contributed by atoms with Gasteiger partial charge in [0.2, 0.25) is 0 Å². The minimum absolute atomic E-state index is 0.0879. The Morgan fingerprint density at radius 2 is 2.00 bits per heavy atom. The first-order valence-corrected chi connectivity index (χ1v) is 11.5. The van der Waals surface area contributed by atoms with Crippen LogP contribution < -0.4 is 4.90 Å². The Balaban J connectivity index is 1.43. The molecule has 0 amide bonds. The lowest BCUT2D eigenvalue weighted by Gasteiger charge is -2.30. The lowest BCUT2D eigenvalue weighted by molar-refractivity contribution is 0.544. The van der Waals surface area contributed by atoms with E-state index in [9.17, 15) is 8.78 Å². The molecule has 2 fully saturated rings. The molecule has 1 saturated carbocycles. The summed E-state index contributed by atoms with van der Waals surface area (Å²) in [4.78, 5) is 7.05. The molecule has 0 unspecified atom stereocenters. The van der Waals surface area contributed by atoms with Crippen LogP contribution in [0.3, 0.4) is 0 Å². The van der Waals surface area contributed by atoms with E-state index in [-0.39, 0.29) is 11.2 Å². The topological polar surface area (TPSA) is 59.2 Å². The standard InChI is InChI=1S/C23H22F2N6S/c1-22(2,3)21-29-28-20(32-21)15-12-26-31-9-7-18(27-19(15)31)30-8-6-13-11-23(13,30)16-10-14(24)4-5-17(16)25/h4-5,7,9-10,12-13H,6,8,11H2,1-3H3/t13-,23+/m0/s1. The van der Waals surface area contributed by atoms with Crippen molar-refractivity contribution in [1.29, 1.82) is 0 Å². The van der Waals surface area contributed by atoms with E-state index in [2.05, 4.69) is 41.0 Å². The van der Waals surface area contributed by atoms with E-state index in [0.29, 0.717) is 17.1 Å². The van der Waals surface area contributed by atoms with Crippen molar-refractivity contribution in [2.24, 2.45) is 5.92 Å². The largest absolute Gasteiger partial charge is 0.346 e. The van der Waals surface area contributed by atoms with Gasteiger partial charge in [0, 0.05) is 23.7 Å². The first-order valence-electron chi connectivity index (χ1n) is 10.7. The molecule has 0 spiro atoms. The smallest absolute Gasteiger partial charge is 0.167 e. The van der Waals surface area contributed by atoms with Gasteiger partial charge in [0.15, 0.2) is 10.7 Å². The highest BCUT2D eigenvalue weighted by Gasteiger charge is 2.64. The van der Waals surface area contributed by atoms with Crippen molar-refractivity contribution in [3.8, 4) is 10.6 Å². The van der Waals surface area contributed by atoms with Crippen molar-refractivity contribution in [2.45, 2.75) is 44.6 Å². The van der Waals surface area contributed by atoms with E-state index in [1.165, 1.54) is 29.5 Å². The Morgan fingerprint density at radius 3 is 2.75 bits per heavy atom. The van der Waals surface area contributed by atoms with Gasteiger partial charge in [-0.15, -0.1) is 10.2 Å². The van der Waals surface area contributed by atoms with E-state index in [1.807, 2.05) is 12.3 Å². The van der Waals surface area contributed by atoms with Crippen LogP contribution in [-0.2, 0) is 11.0 Å². The maximum Gasteiger partial charge on any atom is 0.167 e. The lowest BCUT2D eigenvalue weighted by Crippen LogP contribution is -2.34. The second-order valence-electron chi connectivity index (χ2n) is 9.66. The molecule has 0 radical (unpaired) electrons. The summed E-state index contributed by atoms with van der Waals surface area (Å²) in [6.45, 7) is 7.07. The molecule has 6 rings (SSSR count). The van der Waals surface area contributed by atoms with E-state index in [4.69, 9.17) is 4.98 Å². The van der Waals surface area contributed by atoms with Gasteiger partial charge in [0.1, 0.15) is 22.5 Å². The second-order valence-corrected chi connectivity index (χ2v) is 10.6. The van der Waals surface area contributed by atoms with E-state index in [0.717, 1.165) is 40.8 Å². The molecule has 6 nitrogen and oxygen atoms in total. The van der Waals surface area contributed by atoms with Crippen molar-refractivity contribution < 1.29 is 8.78 Å². The van der Waals surface area contributed by atoms with Crippen molar-refractivity contribution >= 4 is 22.8 Å². The number of hydrogen-bond donors (Lipinski definition) is 0. The normalized spacial score (nSPS) is 22.5. The number of fused-ring (bicyclic) bond motifs is 2. The number of nitrogens with zero attached hydrogens (tertiary/aromatic N) is 6. The number of aromatic nitrogens is 5. The average Bonchev–Trinajstić information content (AvgIpc) is 3.13. The van der Waals surface area contributed by atoms with Crippen LogP contribution >= 0.6 is 11.3 Å². The number of rotatable bonds is 3. The van der Waals surface area contributed by atoms with Crippen LogP contribution in [0, 0.1) is 17.6 Å². The summed E-state index contributed by atoms with van der Waals surface area (Å²) >= 11 is 1.54. The maximum atomic E-state index is 14.7. The molecule has 164 valence electrons. The van der Waals surface area contributed by atoms with Gasteiger partial charge in [-0.25, -0.2) is 18.3 Å². The van der Waals surface area contributed by atoms with Crippen LogP contribution in [0.4, 0.5) is 14.6 Å². The summed E-state index contributed by atoms with van der Waals surface area (Å²) < 4.78 is 30.4. The fourth-order valence-corrected chi connectivity index (χ4v) is 5.80. The number of anilines is 1. The molecule has 1 aromatic carbocycles. The molecule has 9 heteroatoms. The fourth-order valence-electron chi connectivity index (χ4n) is 4.89. The number of halogens is 2. The Morgan fingerprint density at radius 1 is 1.16 bits per heavy atom. The van der Waals surface area contributed by atoms with Gasteiger partial charge in [-0.1, -0.05) is 32.1 Å². The minimum Gasteiger partial charge on any atom is -0.346 e. The number of hydrogen-bond acceptors (Lipinski definition) is 6. The summed E-state index contributed by atoms with van der Waals surface area (Å²) in [7, 11) is 0. The first kappa shape index (κ1) is 19.7. The Labute approximate surface area is 187 Å². The van der Waals surface area contributed by atoms with Gasteiger partial charge in [-0.05, 0) is 43.0 Å². The van der Waals surface area contributed by atoms with Gasteiger partial charge in [0.05, 0.1) is 17.3 Å².